The van der Waals surface area contributed by atoms with Gasteiger partial charge in [0, 0.05) is 12.1 Å². The molecule has 21 heavy (non-hydrogen) atoms. The number of nitro groups is 1. The van der Waals surface area contributed by atoms with Gasteiger partial charge in [-0.05, 0) is 37.8 Å². The Hall–Kier alpha value is -1.71. The van der Waals surface area contributed by atoms with Crippen LogP contribution in [0.1, 0.15) is 25.7 Å². The van der Waals surface area contributed by atoms with Crippen LogP contribution in [-0.2, 0) is 10.0 Å². The van der Waals surface area contributed by atoms with Gasteiger partial charge in [0.25, 0.3) is 0 Å². The molecule has 9 heteroatoms. The predicted molar refractivity (Wildman–Crippen MR) is 75.3 cm³/mol. The summed E-state index contributed by atoms with van der Waals surface area (Å²) in [7, 11) is -4.00. The Morgan fingerprint density at radius 2 is 2.05 bits per heavy atom. The molecule has 1 aromatic carbocycles. The van der Waals surface area contributed by atoms with E-state index in [1.807, 2.05) is 0 Å². The fraction of sp³-hybridized carbons (Fsp3) is 0.500. The van der Waals surface area contributed by atoms with Crippen molar-refractivity contribution in [1.29, 1.82) is 0 Å². The zero-order valence-corrected chi connectivity index (χ0v) is 12.1. The number of hydrogen-bond acceptors (Lipinski definition) is 6. The molecule has 1 aliphatic rings. The number of nitrogens with zero attached hydrogens (tertiary/aromatic N) is 1. The third-order valence-corrected chi connectivity index (χ3v) is 4.33. The van der Waals surface area contributed by atoms with Crippen LogP contribution in [0.3, 0.4) is 0 Å². The summed E-state index contributed by atoms with van der Waals surface area (Å²) in [5.41, 5.74) is 5.43. The van der Waals surface area contributed by atoms with Gasteiger partial charge >= 0.3 is 5.69 Å². The average Bonchev–Trinajstić information content (AvgIpc) is 2.37. The van der Waals surface area contributed by atoms with Crippen LogP contribution in [0.2, 0.25) is 0 Å². The first-order valence-corrected chi connectivity index (χ1v) is 8.05. The van der Waals surface area contributed by atoms with Crippen molar-refractivity contribution in [3.8, 4) is 5.75 Å². The van der Waals surface area contributed by atoms with Crippen LogP contribution in [0, 0.1) is 10.1 Å². The Morgan fingerprint density at radius 3 is 2.62 bits per heavy atom. The molecule has 0 spiro atoms. The fourth-order valence-electron chi connectivity index (χ4n) is 2.38. The van der Waals surface area contributed by atoms with Crippen molar-refractivity contribution in [3.05, 3.63) is 28.3 Å². The minimum Gasteiger partial charge on any atom is -0.483 e. The minimum absolute atomic E-state index is 0.0199. The second kappa shape index (κ2) is 5.96. The number of ether oxygens (including phenoxy) is 1. The first-order chi connectivity index (χ1) is 9.77. The SMILES string of the molecule is NC1CCCC(Oc2ccc(S(N)(=O)=O)cc2[N+](=O)[O-])C1. The van der Waals surface area contributed by atoms with Gasteiger partial charge in [0.2, 0.25) is 10.0 Å². The van der Waals surface area contributed by atoms with Crippen molar-refractivity contribution in [2.75, 3.05) is 0 Å². The van der Waals surface area contributed by atoms with Crippen LogP contribution in [0.5, 0.6) is 5.75 Å². The number of hydrogen-bond donors (Lipinski definition) is 2. The maximum absolute atomic E-state index is 11.2. The normalized spacial score (nSPS) is 22.8. The maximum atomic E-state index is 11.2. The summed E-state index contributed by atoms with van der Waals surface area (Å²) >= 11 is 0. The van der Waals surface area contributed by atoms with E-state index in [-0.39, 0.29) is 22.8 Å². The highest BCUT2D eigenvalue weighted by molar-refractivity contribution is 7.89. The predicted octanol–water partition coefficient (Wildman–Crippen LogP) is 0.891. The molecule has 0 aromatic heterocycles. The van der Waals surface area contributed by atoms with Gasteiger partial charge in [-0.25, -0.2) is 13.6 Å². The topological polar surface area (TPSA) is 139 Å². The third-order valence-electron chi connectivity index (χ3n) is 3.42. The van der Waals surface area contributed by atoms with Crippen molar-refractivity contribution < 1.29 is 18.1 Å². The lowest BCUT2D eigenvalue weighted by Crippen LogP contribution is -2.33. The number of nitrogens with two attached hydrogens (primary N) is 2. The lowest BCUT2D eigenvalue weighted by Gasteiger charge is -2.27. The molecular weight excluding hydrogens is 298 g/mol. The molecule has 0 heterocycles. The van der Waals surface area contributed by atoms with E-state index in [0.29, 0.717) is 6.42 Å². The largest absolute Gasteiger partial charge is 0.483 e. The second-order valence-corrected chi connectivity index (χ2v) is 6.66. The zero-order chi connectivity index (χ0) is 15.6. The van der Waals surface area contributed by atoms with E-state index in [1.165, 1.54) is 12.1 Å². The van der Waals surface area contributed by atoms with Crippen LogP contribution in [0.25, 0.3) is 0 Å². The van der Waals surface area contributed by atoms with Crippen LogP contribution in [0.4, 0.5) is 5.69 Å². The lowest BCUT2D eigenvalue weighted by atomic mass is 9.93. The summed E-state index contributed by atoms with van der Waals surface area (Å²) in [5.74, 6) is 0.0338. The van der Waals surface area contributed by atoms with Gasteiger partial charge in [-0.3, -0.25) is 10.1 Å². The molecule has 116 valence electrons. The monoisotopic (exact) mass is 315 g/mol. The van der Waals surface area contributed by atoms with E-state index in [1.54, 1.807) is 0 Å². The third kappa shape index (κ3) is 3.90. The first-order valence-electron chi connectivity index (χ1n) is 6.51. The molecule has 4 N–H and O–H groups in total. The average molecular weight is 315 g/mol. The fourth-order valence-corrected chi connectivity index (χ4v) is 2.92. The molecule has 2 unspecified atom stereocenters. The van der Waals surface area contributed by atoms with Crippen LogP contribution in [-0.4, -0.2) is 25.5 Å². The van der Waals surface area contributed by atoms with E-state index in [9.17, 15) is 18.5 Å². The van der Waals surface area contributed by atoms with Crippen molar-refractivity contribution in [3.63, 3.8) is 0 Å². The number of nitro benzene ring substituents is 1. The highest BCUT2D eigenvalue weighted by Crippen LogP contribution is 2.32. The summed E-state index contributed by atoms with van der Waals surface area (Å²) in [6.45, 7) is 0. The maximum Gasteiger partial charge on any atom is 0.312 e. The molecule has 0 bridgehead atoms. The summed E-state index contributed by atoms with van der Waals surface area (Å²) in [4.78, 5) is 10.1. The minimum atomic E-state index is -4.00. The summed E-state index contributed by atoms with van der Waals surface area (Å²) in [6, 6.07) is 3.39. The molecule has 1 saturated carbocycles. The Kier molecular flexibility index (Phi) is 4.45. The van der Waals surface area contributed by atoms with Crippen molar-refractivity contribution in [1.82, 2.24) is 0 Å². The van der Waals surface area contributed by atoms with Crippen LogP contribution >= 0.6 is 0 Å². The van der Waals surface area contributed by atoms with Gasteiger partial charge in [-0.2, -0.15) is 0 Å². The molecule has 8 nitrogen and oxygen atoms in total. The van der Waals surface area contributed by atoms with E-state index in [4.69, 9.17) is 15.6 Å². The number of primary sulfonamides is 1. The molecular formula is C12H17N3O5S. The Morgan fingerprint density at radius 1 is 1.33 bits per heavy atom. The summed E-state index contributed by atoms with van der Waals surface area (Å²) in [6.07, 6.45) is 2.99. The Balaban J connectivity index is 2.28. The van der Waals surface area contributed by atoms with E-state index < -0.39 is 20.6 Å². The van der Waals surface area contributed by atoms with Gasteiger partial charge in [0.15, 0.2) is 5.75 Å². The Bertz CT molecular complexity index is 646. The quantitative estimate of drug-likeness (QED) is 0.625. The number of benzene rings is 1. The molecule has 2 rings (SSSR count). The van der Waals surface area contributed by atoms with Crippen molar-refractivity contribution >= 4 is 15.7 Å². The van der Waals surface area contributed by atoms with Crippen molar-refractivity contribution in [2.24, 2.45) is 10.9 Å². The smallest absolute Gasteiger partial charge is 0.312 e. The Labute approximate surface area is 122 Å². The molecule has 0 aliphatic heterocycles. The molecule has 2 atom stereocenters. The molecule has 1 aliphatic carbocycles. The van der Waals surface area contributed by atoms with Crippen LogP contribution in [0.15, 0.2) is 23.1 Å². The van der Waals surface area contributed by atoms with E-state index in [2.05, 4.69) is 0 Å². The zero-order valence-electron chi connectivity index (χ0n) is 11.3. The number of rotatable bonds is 4. The number of sulfonamides is 1. The van der Waals surface area contributed by atoms with Crippen LogP contribution < -0.4 is 15.6 Å². The van der Waals surface area contributed by atoms with Gasteiger partial charge in [0.1, 0.15) is 6.10 Å². The standard InChI is InChI=1S/C12H17N3O5S/c13-8-2-1-3-9(6-8)20-12-5-4-10(21(14,18)19)7-11(12)15(16)17/h4-5,7-9H,1-3,6,13H2,(H2,14,18,19). The second-order valence-electron chi connectivity index (χ2n) is 5.10. The summed E-state index contributed by atoms with van der Waals surface area (Å²) < 4.78 is 28.1. The van der Waals surface area contributed by atoms with Gasteiger partial charge in [0.05, 0.1) is 9.82 Å². The molecule has 0 amide bonds. The van der Waals surface area contributed by atoms with Gasteiger partial charge in [-0.15, -0.1) is 0 Å². The van der Waals surface area contributed by atoms with Crippen molar-refractivity contribution in [2.45, 2.75) is 42.7 Å². The van der Waals surface area contributed by atoms with E-state index >= 15 is 0 Å². The first kappa shape index (κ1) is 15.7. The summed E-state index contributed by atoms with van der Waals surface area (Å²) in [5, 5.41) is 16.0. The molecule has 0 radical (unpaired) electrons. The van der Waals surface area contributed by atoms with Gasteiger partial charge in [-0.1, -0.05) is 0 Å². The van der Waals surface area contributed by atoms with Gasteiger partial charge < -0.3 is 10.5 Å². The molecule has 0 saturated heterocycles. The van der Waals surface area contributed by atoms with E-state index in [0.717, 1.165) is 25.3 Å². The highest BCUT2D eigenvalue weighted by Gasteiger charge is 2.25. The molecule has 1 fully saturated rings. The molecule has 1 aromatic rings. The lowest BCUT2D eigenvalue weighted by molar-refractivity contribution is -0.386. The highest BCUT2D eigenvalue weighted by atomic mass is 32.2.